The van der Waals surface area contributed by atoms with Gasteiger partial charge < -0.3 is 4.79 Å². The fourth-order valence-corrected chi connectivity index (χ4v) is 0.506. The number of hydrogen-bond donors (Lipinski definition) is 0. The molecule has 54 valence electrons. The van der Waals surface area contributed by atoms with E-state index >= 15 is 0 Å². The van der Waals surface area contributed by atoms with Gasteiger partial charge in [-0.15, -0.1) is 12.1 Å². The molecule has 0 aliphatic heterocycles. The Morgan fingerprint density at radius 3 is 1.82 bits per heavy atom. The van der Waals surface area contributed by atoms with Crippen LogP contribution in [0.3, 0.4) is 0 Å². The van der Waals surface area contributed by atoms with Crippen molar-refractivity contribution in [2.45, 2.75) is 13.8 Å². The third-order valence-corrected chi connectivity index (χ3v) is 0.892. The van der Waals surface area contributed by atoms with E-state index in [1.54, 1.807) is 30.6 Å². The molecule has 0 unspecified atom stereocenters. The predicted octanol–water partition coefficient (Wildman–Crippen LogP) is -0.825. The van der Waals surface area contributed by atoms with Crippen LogP contribution in [-0.4, -0.2) is 6.29 Å². The summed E-state index contributed by atoms with van der Waals surface area (Å²) in [5.41, 5.74) is 0.604. The average Bonchev–Trinajstić information content (AvgIpc) is 2.10. The van der Waals surface area contributed by atoms with Crippen molar-refractivity contribution in [1.82, 2.24) is 0 Å². The minimum absolute atomic E-state index is 0. The Morgan fingerprint density at radius 1 is 1.09 bits per heavy atom. The molecule has 0 aliphatic carbocycles. The standard InChI is InChI=1S/C7H5O.C2H6.Rb/c8-6-7-4-2-1-3-5-7;1-2;/h1-5H;1-2H3;/q-1;;+1. The number of rotatable bonds is 1. The largest absolute Gasteiger partial charge is 1.00 e. The zero-order chi connectivity index (χ0) is 7.82. The van der Waals surface area contributed by atoms with E-state index in [1.165, 1.54) is 0 Å². The van der Waals surface area contributed by atoms with Crippen molar-refractivity contribution in [2.24, 2.45) is 0 Å². The molecule has 0 heterocycles. The molecule has 0 amide bonds. The molecule has 0 atom stereocenters. The first-order valence-electron chi connectivity index (χ1n) is 3.36. The van der Waals surface area contributed by atoms with Gasteiger partial charge in [-0.1, -0.05) is 19.9 Å². The summed E-state index contributed by atoms with van der Waals surface area (Å²) in [6.45, 7) is 4.00. The van der Waals surface area contributed by atoms with Gasteiger partial charge in [0.1, 0.15) is 0 Å². The second-order valence-electron chi connectivity index (χ2n) is 1.47. The first-order valence-corrected chi connectivity index (χ1v) is 3.36. The summed E-state index contributed by atoms with van der Waals surface area (Å²) >= 11 is 0. The Bertz CT molecular complexity index is 172. The van der Waals surface area contributed by atoms with Crippen LogP contribution in [0.2, 0.25) is 0 Å². The zero-order valence-corrected chi connectivity index (χ0v) is 12.2. The fraction of sp³-hybridized carbons (Fsp3) is 0.222. The molecule has 2 heteroatoms. The molecule has 0 saturated carbocycles. The minimum atomic E-state index is 0. The Balaban J connectivity index is 0. The summed E-state index contributed by atoms with van der Waals surface area (Å²) in [6, 6.07) is 8.90. The van der Waals surface area contributed by atoms with Crippen LogP contribution in [0.5, 0.6) is 0 Å². The van der Waals surface area contributed by atoms with Crippen LogP contribution in [0.1, 0.15) is 19.4 Å². The molecular weight excluding hydrogens is 210 g/mol. The van der Waals surface area contributed by atoms with E-state index < -0.39 is 0 Å². The van der Waals surface area contributed by atoms with Gasteiger partial charge in [0, 0.05) is 0 Å². The van der Waals surface area contributed by atoms with Crippen molar-refractivity contribution in [3.8, 4) is 0 Å². The molecule has 11 heavy (non-hydrogen) atoms. The SMILES string of the molecule is CC.O=[C-]c1ccccc1.[Rb+]. The Hall–Kier alpha value is 0.695. The van der Waals surface area contributed by atoms with E-state index in [-0.39, 0.29) is 58.2 Å². The van der Waals surface area contributed by atoms with Crippen molar-refractivity contribution < 1.29 is 63.0 Å². The molecule has 1 rings (SSSR count). The van der Waals surface area contributed by atoms with Crippen molar-refractivity contribution in [3.05, 3.63) is 35.9 Å². The van der Waals surface area contributed by atoms with Crippen LogP contribution in [0.25, 0.3) is 0 Å². The molecule has 0 saturated heterocycles. The molecule has 0 radical (unpaired) electrons. The summed E-state index contributed by atoms with van der Waals surface area (Å²) in [5.74, 6) is 0. The smallest absolute Gasteiger partial charge is 0.376 e. The summed E-state index contributed by atoms with van der Waals surface area (Å²) in [7, 11) is 0. The van der Waals surface area contributed by atoms with Gasteiger partial charge in [-0.05, 0) is 0 Å². The number of benzene rings is 1. The fourth-order valence-electron chi connectivity index (χ4n) is 0.506. The van der Waals surface area contributed by atoms with Crippen molar-refractivity contribution in [2.75, 3.05) is 0 Å². The minimum Gasteiger partial charge on any atom is -0.376 e. The monoisotopic (exact) mass is 220 g/mol. The molecule has 0 fully saturated rings. The summed E-state index contributed by atoms with van der Waals surface area (Å²) in [4.78, 5) is 9.88. The van der Waals surface area contributed by atoms with Gasteiger partial charge in [-0.2, -0.15) is 17.7 Å². The Morgan fingerprint density at radius 2 is 1.55 bits per heavy atom. The van der Waals surface area contributed by atoms with E-state index in [0.717, 1.165) is 0 Å². The van der Waals surface area contributed by atoms with Crippen LogP contribution in [0.4, 0.5) is 0 Å². The predicted molar refractivity (Wildman–Crippen MR) is 42.6 cm³/mol. The molecule has 1 nitrogen and oxygen atoms in total. The third-order valence-electron chi connectivity index (χ3n) is 0.892. The maximum Gasteiger partial charge on any atom is 1.00 e. The van der Waals surface area contributed by atoms with Crippen molar-refractivity contribution in [1.29, 1.82) is 0 Å². The molecule has 1 aromatic carbocycles. The first kappa shape index (κ1) is 14.2. The average molecular weight is 221 g/mol. The van der Waals surface area contributed by atoms with Gasteiger partial charge in [0.05, 0.1) is 6.29 Å². The van der Waals surface area contributed by atoms with Gasteiger partial charge in [0.2, 0.25) is 0 Å². The summed E-state index contributed by atoms with van der Waals surface area (Å²) in [6.07, 6.45) is 1.78. The molecule has 0 bridgehead atoms. The maximum atomic E-state index is 9.88. The summed E-state index contributed by atoms with van der Waals surface area (Å²) in [5, 5.41) is 0. The van der Waals surface area contributed by atoms with E-state index in [1.807, 2.05) is 19.9 Å². The van der Waals surface area contributed by atoms with Crippen LogP contribution in [0, 0.1) is 0 Å². The molecular formula is C9H11ORb. The second kappa shape index (κ2) is 10.7. The van der Waals surface area contributed by atoms with Crippen LogP contribution in [0.15, 0.2) is 30.3 Å². The van der Waals surface area contributed by atoms with E-state index in [2.05, 4.69) is 0 Å². The van der Waals surface area contributed by atoms with E-state index in [9.17, 15) is 4.79 Å². The van der Waals surface area contributed by atoms with E-state index in [0.29, 0.717) is 5.56 Å². The first-order chi connectivity index (χ1) is 4.93. The molecule has 0 aromatic heterocycles. The van der Waals surface area contributed by atoms with Gasteiger partial charge >= 0.3 is 58.2 Å². The second-order valence-corrected chi connectivity index (χ2v) is 1.47. The van der Waals surface area contributed by atoms with Gasteiger partial charge in [-0.25, -0.2) is 0 Å². The Labute approximate surface area is 117 Å². The van der Waals surface area contributed by atoms with Crippen LogP contribution >= 0.6 is 0 Å². The normalized spacial score (nSPS) is 6.73. The third kappa shape index (κ3) is 7.07. The number of carbonyl (C=O) groups excluding carboxylic acids is 1. The maximum absolute atomic E-state index is 9.88. The van der Waals surface area contributed by atoms with Gasteiger partial charge in [0.25, 0.3) is 0 Å². The number of hydrogen-bond acceptors (Lipinski definition) is 1. The molecule has 0 aliphatic rings. The van der Waals surface area contributed by atoms with E-state index in [4.69, 9.17) is 0 Å². The molecule has 0 spiro atoms. The quantitative estimate of drug-likeness (QED) is 0.565. The topological polar surface area (TPSA) is 17.1 Å². The zero-order valence-electron chi connectivity index (χ0n) is 7.29. The Kier molecular flexibility index (Phi) is 13.8. The van der Waals surface area contributed by atoms with Gasteiger partial charge in [0.15, 0.2) is 0 Å². The van der Waals surface area contributed by atoms with Crippen molar-refractivity contribution >= 4 is 6.29 Å². The van der Waals surface area contributed by atoms with Crippen molar-refractivity contribution in [3.63, 3.8) is 0 Å². The molecule has 1 aromatic rings. The van der Waals surface area contributed by atoms with Gasteiger partial charge in [-0.3, -0.25) is 0 Å². The van der Waals surface area contributed by atoms with Crippen LogP contribution in [-0.2, 0) is 4.79 Å². The summed E-state index contributed by atoms with van der Waals surface area (Å²) < 4.78 is 0. The van der Waals surface area contributed by atoms with Crippen LogP contribution < -0.4 is 58.2 Å². The molecule has 0 N–H and O–H groups in total.